The summed E-state index contributed by atoms with van der Waals surface area (Å²) in [7, 11) is 0. The summed E-state index contributed by atoms with van der Waals surface area (Å²) in [5.41, 5.74) is 1.65. The fraction of sp³-hybridized carbons (Fsp3) is 0.440. The van der Waals surface area contributed by atoms with Crippen molar-refractivity contribution in [1.82, 2.24) is 4.90 Å². The number of amides is 2. The fourth-order valence-corrected chi connectivity index (χ4v) is 4.37. The van der Waals surface area contributed by atoms with Crippen LogP contribution in [-0.2, 0) is 9.59 Å². The molecule has 2 aliphatic rings. The fourth-order valence-electron chi connectivity index (χ4n) is 4.37. The van der Waals surface area contributed by atoms with Gasteiger partial charge in [-0.1, -0.05) is 18.2 Å². The Labute approximate surface area is 184 Å². The zero-order valence-electron chi connectivity index (χ0n) is 18.1. The Hall–Kier alpha value is -2.86. The highest BCUT2D eigenvalue weighted by Gasteiger charge is 2.28. The molecule has 0 saturated carbocycles. The predicted molar refractivity (Wildman–Crippen MR) is 122 cm³/mol. The van der Waals surface area contributed by atoms with Crippen molar-refractivity contribution in [1.29, 1.82) is 0 Å². The molecule has 6 heteroatoms. The number of piperidine rings is 1. The highest BCUT2D eigenvalue weighted by atomic mass is 16.5. The quantitative estimate of drug-likeness (QED) is 0.736. The average Bonchev–Trinajstić information content (AvgIpc) is 3.24. The van der Waals surface area contributed by atoms with Crippen LogP contribution in [0.5, 0.6) is 5.75 Å². The normalized spacial score (nSPS) is 20.5. The lowest BCUT2D eigenvalue weighted by atomic mass is 9.97. The van der Waals surface area contributed by atoms with Crippen LogP contribution < -0.4 is 15.0 Å². The van der Waals surface area contributed by atoms with Gasteiger partial charge in [-0.15, -0.1) is 0 Å². The van der Waals surface area contributed by atoms with Crippen LogP contribution in [0.25, 0.3) is 0 Å². The van der Waals surface area contributed by atoms with Gasteiger partial charge in [0.25, 0.3) is 0 Å². The van der Waals surface area contributed by atoms with Crippen LogP contribution in [-0.4, -0.2) is 49.0 Å². The van der Waals surface area contributed by atoms with Gasteiger partial charge in [0, 0.05) is 36.8 Å². The van der Waals surface area contributed by atoms with E-state index >= 15 is 0 Å². The first kappa shape index (κ1) is 21.4. The van der Waals surface area contributed by atoms with Gasteiger partial charge >= 0.3 is 0 Å². The topological polar surface area (TPSA) is 61.9 Å². The van der Waals surface area contributed by atoms with Crippen LogP contribution in [0, 0.1) is 5.92 Å². The smallest absolute Gasteiger partial charge is 0.241 e. The molecule has 31 heavy (non-hydrogen) atoms. The van der Waals surface area contributed by atoms with Gasteiger partial charge in [-0.2, -0.15) is 0 Å². The van der Waals surface area contributed by atoms with Gasteiger partial charge in [-0.3, -0.25) is 14.5 Å². The van der Waals surface area contributed by atoms with Crippen molar-refractivity contribution in [2.75, 3.05) is 36.5 Å². The molecule has 2 aliphatic heterocycles. The summed E-state index contributed by atoms with van der Waals surface area (Å²) in [4.78, 5) is 28.8. The Kier molecular flexibility index (Phi) is 6.87. The van der Waals surface area contributed by atoms with Crippen molar-refractivity contribution in [3.63, 3.8) is 0 Å². The standard InChI is InChI=1S/C25H31N3O3/c1-19(27-15-5-7-20(17-27)18-31-23-8-3-2-4-9-23)25(30)26-21-11-13-22(14-12-21)28-16-6-10-24(28)29/h2-4,8-9,11-14,19-20H,5-7,10,15-18H2,1H3,(H,26,30). The van der Waals surface area contributed by atoms with Crippen LogP contribution in [0.4, 0.5) is 11.4 Å². The summed E-state index contributed by atoms with van der Waals surface area (Å²) in [6.45, 7) is 5.19. The van der Waals surface area contributed by atoms with Gasteiger partial charge in [0.1, 0.15) is 5.75 Å². The number of hydrogen-bond donors (Lipinski definition) is 1. The third-order valence-electron chi connectivity index (χ3n) is 6.23. The molecule has 0 spiro atoms. The Morgan fingerprint density at radius 1 is 1.10 bits per heavy atom. The average molecular weight is 422 g/mol. The lowest BCUT2D eigenvalue weighted by Gasteiger charge is -2.36. The summed E-state index contributed by atoms with van der Waals surface area (Å²) < 4.78 is 5.94. The molecule has 164 valence electrons. The number of likely N-dealkylation sites (tertiary alicyclic amines) is 1. The highest BCUT2D eigenvalue weighted by Crippen LogP contribution is 2.24. The van der Waals surface area contributed by atoms with Crippen molar-refractivity contribution < 1.29 is 14.3 Å². The Balaban J connectivity index is 1.28. The van der Waals surface area contributed by atoms with E-state index < -0.39 is 0 Å². The van der Waals surface area contributed by atoms with Crippen molar-refractivity contribution in [3.05, 3.63) is 54.6 Å². The van der Waals surface area contributed by atoms with Crippen LogP contribution in [0.2, 0.25) is 0 Å². The third kappa shape index (κ3) is 5.44. The molecule has 2 unspecified atom stereocenters. The van der Waals surface area contributed by atoms with Gasteiger partial charge < -0.3 is 15.0 Å². The third-order valence-corrected chi connectivity index (χ3v) is 6.23. The number of nitrogens with one attached hydrogen (secondary N) is 1. The predicted octanol–water partition coefficient (Wildman–Crippen LogP) is 3.93. The minimum atomic E-state index is -0.209. The molecule has 2 amide bonds. The number of para-hydroxylation sites is 1. The van der Waals surface area contributed by atoms with Crippen molar-refractivity contribution in [2.45, 2.75) is 38.6 Å². The molecule has 0 bridgehead atoms. The Bertz CT molecular complexity index is 885. The van der Waals surface area contributed by atoms with Gasteiger partial charge in [0.05, 0.1) is 12.6 Å². The van der Waals surface area contributed by atoms with Crippen molar-refractivity contribution in [3.8, 4) is 5.75 Å². The van der Waals surface area contributed by atoms with E-state index in [0.29, 0.717) is 18.9 Å². The maximum Gasteiger partial charge on any atom is 0.241 e. The number of hydrogen-bond acceptors (Lipinski definition) is 4. The molecule has 1 N–H and O–H groups in total. The monoisotopic (exact) mass is 421 g/mol. The number of rotatable bonds is 7. The molecule has 0 aromatic heterocycles. The summed E-state index contributed by atoms with van der Waals surface area (Å²) in [6, 6.07) is 17.2. The summed E-state index contributed by atoms with van der Waals surface area (Å²) in [5.74, 6) is 1.47. The Morgan fingerprint density at radius 3 is 2.58 bits per heavy atom. The van der Waals surface area contributed by atoms with E-state index in [1.807, 2.05) is 61.5 Å². The van der Waals surface area contributed by atoms with E-state index in [9.17, 15) is 9.59 Å². The van der Waals surface area contributed by atoms with E-state index in [-0.39, 0.29) is 17.9 Å². The van der Waals surface area contributed by atoms with E-state index in [2.05, 4.69) is 10.2 Å². The van der Waals surface area contributed by atoms with Gasteiger partial charge in [0.2, 0.25) is 11.8 Å². The first-order valence-corrected chi connectivity index (χ1v) is 11.2. The molecular weight excluding hydrogens is 390 g/mol. The second-order valence-electron chi connectivity index (χ2n) is 8.49. The van der Waals surface area contributed by atoms with E-state index in [1.54, 1.807) is 4.90 Å². The second kappa shape index (κ2) is 9.96. The second-order valence-corrected chi connectivity index (χ2v) is 8.49. The number of anilines is 2. The molecule has 2 aromatic rings. The van der Waals surface area contributed by atoms with Crippen molar-refractivity contribution in [2.24, 2.45) is 5.92 Å². The number of nitrogens with zero attached hydrogens (tertiary/aromatic N) is 2. The van der Waals surface area contributed by atoms with Gasteiger partial charge in [0.15, 0.2) is 0 Å². The van der Waals surface area contributed by atoms with E-state index in [1.165, 1.54) is 0 Å². The zero-order valence-corrected chi connectivity index (χ0v) is 18.1. The Morgan fingerprint density at radius 2 is 1.87 bits per heavy atom. The maximum absolute atomic E-state index is 12.8. The first-order chi connectivity index (χ1) is 15.1. The lowest BCUT2D eigenvalue weighted by molar-refractivity contribution is -0.121. The SMILES string of the molecule is CC(C(=O)Nc1ccc(N2CCCC2=O)cc1)N1CCCC(COc2ccccc2)C1. The minimum absolute atomic E-state index is 0.00498. The van der Waals surface area contributed by atoms with Crippen molar-refractivity contribution >= 4 is 23.2 Å². The van der Waals surface area contributed by atoms with Gasteiger partial charge in [-0.05, 0) is 69.1 Å². The first-order valence-electron chi connectivity index (χ1n) is 11.2. The maximum atomic E-state index is 12.8. The molecule has 6 nitrogen and oxygen atoms in total. The summed E-state index contributed by atoms with van der Waals surface area (Å²) >= 11 is 0. The number of benzene rings is 2. The highest BCUT2D eigenvalue weighted by molar-refractivity contribution is 5.97. The number of carbonyl (C=O) groups is 2. The van der Waals surface area contributed by atoms with Gasteiger partial charge in [-0.25, -0.2) is 0 Å². The molecule has 2 aromatic carbocycles. The van der Waals surface area contributed by atoms with Crippen LogP contribution in [0.3, 0.4) is 0 Å². The molecule has 0 aliphatic carbocycles. The molecule has 0 radical (unpaired) electrons. The number of ether oxygens (including phenoxy) is 1. The molecular formula is C25H31N3O3. The summed E-state index contributed by atoms with van der Waals surface area (Å²) in [6.07, 6.45) is 3.71. The van der Waals surface area contributed by atoms with E-state index in [0.717, 1.165) is 56.0 Å². The summed E-state index contributed by atoms with van der Waals surface area (Å²) in [5, 5.41) is 3.03. The molecule has 2 atom stereocenters. The van der Waals surface area contributed by atoms with Crippen LogP contribution in [0.1, 0.15) is 32.6 Å². The van der Waals surface area contributed by atoms with E-state index in [4.69, 9.17) is 4.74 Å². The minimum Gasteiger partial charge on any atom is -0.493 e. The lowest BCUT2D eigenvalue weighted by Crippen LogP contribution is -2.48. The number of carbonyl (C=O) groups excluding carboxylic acids is 2. The largest absolute Gasteiger partial charge is 0.493 e. The van der Waals surface area contributed by atoms with Crippen LogP contribution in [0.15, 0.2) is 54.6 Å². The molecule has 2 saturated heterocycles. The zero-order chi connectivity index (χ0) is 21.6. The van der Waals surface area contributed by atoms with Crippen LogP contribution >= 0.6 is 0 Å². The molecule has 2 heterocycles. The molecule has 2 fully saturated rings. The molecule has 4 rings (SSSR count).